The summed E-state index contributed by atoms with van der Waals surface area (Å²) >= 11 is 0. The topological polar surface area (TPSA) is 0 Å². The number of benzene rings is 1. The quantitative estimate of drug-likeness (QED) is 0.599. The normalized spacial score (nSPS) is 11.7. The highest BCUT2D eigenvalue weighted by molar-refractivity contribution is 5.31. The predicted molar refractivity (Wildman–Crippen MR) is 48.8 cm³/mol. The van der Waals surface area contributed by atoms with E-state index in [0.717, 1.165) is 5.56 Å². The zero-order valence-corrected chi connectivity index (χ0v) is 7.82. The van der Waals surface area contributed by atoms with Gasteiger partial charge in [-0.2, -0.15) is 0 Å². The molecule has 1 rings (SSSR count). The Morgan fingerprint density at radius 1 is 1.42 bits per heavy atom. The molecule has 0 bridgehead atoms. The number of rotatable bonds is 1. The van der Waals surface area contributed by atoms with Gasteiger partial charge in [0, 0.05) is 0 Å². The van der Waals surface area contributed by atoms with Gasteiger partial charge in [0.1, 0.15) is 6.67 Å². The number of hydrogen-bond acceptors (Lipinski definition) is 0. The number of halogens is 1. The van der Waals surface area contributed by atoms with Crippen molar-refractivity contribution in [2.45, 2.75) is 32.9 Å². The molecule has 1 heteroatoms. The largest absolute Gasteiger partial charge is 0.246 e. The molecule has 12 heavy (non-hydrogen) atoms. The Morgan fingerprint density at radius 3 is 2.50 bits per heavy atom. The third-order valence-corrected chi connectivity index (χ3v) is 1.88. The van der Waals surface area contributed by atoms with Crippen molar-refractivity contribution >= 4 is 0 Å². The Hall–Kier alpha value is -0.850. The van der Waals surface area contributed by atoms with Crippen LogP contribution in [0.1, 0.15) is 31.9 Å². The molecule has 0 N–H and O–H groups in total. The van der Waals surface area contributed by atoms with E-state index in [0.29, 0.717) is 5.56 Å². The minimum atomic E-state index is -0.423. The van der Waals surface area contributed by atoms with Crippen molar-refractivity contribution in [2.24, 2.45) is 0 Å². The van der Waals surface area contributed by atoms with Gasteiger partial charge in [-0.15, -0.1) is 0 Å². The fourth-order valence-electron chi connectivity index (χ4n) is 1.28. The second-order valence-electron chi connectivity index (χ2n) is 3.95. The van der Waals surface area contributed by atoms with E-state index in [1.165, 1.54) is 0 Å². The van der Waals surface area contributed by atoms with Crippen LogP contribution in [-0.4, -0.2) is 0 Å². The molecule has 0 saturated heterocycles. The second-order valence-corrected chi connectivity index (χ2v) is 3.95. The minimum Gasteiger partial charge on any atom is -0.246 e. The summed E-state index contributed by atoms with van der Waals surface area (Å²) in [6.45, 7) is 5.81. The van der Waals surface area contributed by atoms with E-state index < -0.39 is 6.67 Å². The minimum absolute atomic E-state index is 0.0131. The molecule has 0 aliphatic rings. The lowest BCUT2D eigenvalue weighted by Gasteiger charge is -2.21. The molecule has 0 saturated carbocycles. The van der Waals surface area contributed by atoms with Gasteiger partial charge in [-0.25, -0.2) is 4.39 Å². The molecule has 0 heterocycles. The lowest BCUT2D eigenvalue weighted by molar-refractivity contribution is 0.470. The molecule has 0 aliphatic heterocycles. The van der Waals surface area contributed by atoms with Crippen molar-refractivity contribution in [3.8, 4) is 0 Å². The highest BCUT2D eigenvalue weighted by Gasteiger charge is 2.16. The molecule has 65 valence electrons. The van der Waals surface area contributed by atoms with Crippen LogP contribution in [0, 0.1) is 6.07 Å². The SMILES string of the molecule is CC(C)(C)c1ccc[c]c1CF. The van der Waals surface area contributed by atoms with Gasteiger partial charge >= 0.3 is 0 Å². The van der Waals surface area contributed by atoms with E-state index in [1.807, 2.05) is 12.1 Å². The summed E-state index contributed by atoms with van der Waals surface area (Å²) in [5.41, 5.74) is 1.75. The summed E-state index contributed by atoms with van der Waals surface area (Å²) in [6.07, 6.45) is 0. The van der Waals surface area contributed by atoms with Crippen LogP contribution in [0.25, 0.3) is 0 Å². The van der Waals surface area contributed by atoms with E-state index in [-0.39, 0.29) is 5.41 Å². The molecule has 1 radical (unpaired) electrons. The Kier molecular flexibility index (Phi) is 2.51. The zero-order valence-electron chi connectivity index (χ0n) is 7.82. The molecular formula is C11H14F. The average molecular weight is 165 g/mol. The van der Waals surface area contributed by atoms with Crippen molar-refractivity contribution in [3.63, 3.8) is 0 Å². The molecule has 0 aromatic heterocycles. The molecule has 0 atom stereocenters. The third-order valence-electron chi connectivity index (χ3n) is 1.88. The summed E-state index contributed by atoms with van der Waals surface area (Å²) in [5, 5.41) is 0. The average Bonchev–Trinajstić information content (AvgIpc) is 2.03. The molecule has 0 amide bonds. The number of alkyl halides is 1. The maximum atomic E-state index is 12.5. The van der Waals surface area contributed by atoms with Crippen LogP contribution in [0.3, 0.4) is 0 Å². The Balaban J connectivity index is 3.14. The monoisotopic (exact) mass is 165 g/mol. The van der Waals surface area contributed by atoms with Gasteiger partial charge in [0.05, 0.1) is 0 Å². The molecule has 1 aromatic carbocycles. The fourth-order valence-corrected chi connectivity index (χ4v) is 1.28. The van der Waals surface area contributed by atoms with Crippen LogP contribution < -0.4 is 0 Å². The lowest BCUT2D eigenvalue weighted by atomic mass is 9.84. The van der Waals surface area contributed by atoms with Crippen LogP contribution in [0.15, 0.2) is 18.2 Å². The van der Waals surface area contributed by atoms with E-state index in [1.54, 1.807) is 6.07 Å². The summed E-state index contributed by atoms with van der Waals surface area (Å²) in [7, 11) is 0. The highest BCUT2D eigenvalue weighted by Crippen LogP contribution is 2.25. The van der Waals surface area contributed by atoms with Crippen molar-refractivity contribution in [2.75, 3.05) is 0 Å². The van der Waals surface area contributed by atoms with Gasteiger partial charge in [-0.1, -0.05) is 39.0 Å². The van der Waals surface area contributed by atoms with E-state index >= 15 is 0 Å². The molecular weight excluding hydrogens is 151 g/mol. The maximum Gasteiger partial charge on any atom is 0.115 e. The van der Waals surface area contributed by atoms with Crippen molar-refractivity contribution in [1.82, 2.24) is 0 Å². The first-order valence-corrected chi connectivity index (χ1v) is 4.11. The maximum absolute atomic E-state index is 12.5. The summed E-state index contributed by atoms with van der Waals surface area (Å²) in [4.78, 5) is 0. The molecule has 0 fully saturated rings. The Bertz CT molecular complexity index is 258. The smallest absolute Gasteiger partial charge is 0.115 e. The molecule has 0 aliphatic carbocycles. The Labute approximate surface area is 73.4 Å². The van der Waals surface area contributed by atoms with Crippen LogP contribution >= 0.6 is 0 Å². The van der Waals surface area contributed by atoms with Crippen molar-refractivity contribution < 1.29 is 4.39 Å². The molecule has 1 aromatic rings. The molecule has 0 spiro atoms. The molecule has 0 unspecified atom stereocenters. The lowest BCUT2D eigenvalue weighted by Crippen LogP contribution is -2.13. The van der Waals surface area contributed by atoms with E-state index in [4.69, 9.17) is 0 Å². The summed E-state index contributed by atoms with van der Waals surface area (Å²) < 4.78 is 12.5. The van der Waals surface area contributed by atoms with E-state index in [2.05, 4.69) is 26.8 Å². The first kappa shape index (κ1) is 9.24. The second kappa shape index (κ2) is 3.26. The van der Waals surface area contributed by atoms with Crippen molar-refractivity contribution in [3.05, 3.63) is 35.4 Å². The Morgan fingerprint density at radius 2 is 2.08 bits per heavy atom. The van der Waals surface area contributed by atoms with Gasteiger partial charge in [-0.3, -0.25) is 0 Å². The van der Waals surface area contributed by atoms with E-state index in [9.17, 15) is 4.39 Å². The molecule has 0 nitrogen and oxygen atoms in total. The van der Waals surface area contributed by atoms with Gasteiger partial charge in [0.15, 0.2) is 0 Å². The summed E-state index contributed by atoms with van der Waals surface area (Å²) in [5.74, 6) is 0. The first-order valence-electron chi connectivity index (χ1n) is 4.11. The van der Waals surface area contributed by atoms with Gasteiger partial charge in [0.2, 0.25) is 0 Å². The predicted octanol–water partition coefficient (Wildman–Crippen LogP) is 3.25. The van der Waals surface area contributed by atoms with Gasteiger partial charge in [-0.05, 0) is 22.6 Å². The zero-order chi connectivity index (χ0) is 9.19. The van der Waals surface area contributed by atoms with Crippen LogP contribution in [0.2, 0.25) is 0 Å². The van der Waals surface area contributed by atoms with Crippen LogP contribution in [0.4, 0.5) is 4.39 Å². The van der Waals surface area contributed by atoms with Crippen LogP contribution in [0.5, 0.6) is 0 Å². The van der Waals surface area contributed by atoms with Crippen LogP contribution in [-0.2, 0) is 12.1 Å². The third kappa shape index (κ3) is 1.84. The highest BCUT2D eigenvalue weighted by atomic mass is 19.1. The van der Waals surface area contributed by atoms with Crippen molar-refractivity contribution in [1.29, 1.82) is 0 Å². The number of hydrogen-bond donors (Lipinski definition) is 0. The van der Waals surface area contributed by atoms with Gasteiger partial charge < -0.3 is 0 Å². The fraction of sp³-hybridized carbons (Fsp3) is 0.455. The standard InChI is InChI=1S/C11H14F/c1-11(2,3)10-7-5-4-6-9(10)8-12/h4-5,7H,8H2,1-3H3. The van der Waals surface area contributed by atoms with Gasteiger partial charge in [0.25, 0.3) is 0 Å². The summed E-state index contributed by atoms with van der Waals surface area (Å²) in [6, 6.07) is 8.54. The first-order chi connectivity index (χ1) is 5.55.